The van der Waals surface area contributed by atoms with Gasteiger partial charge in [0.05, 0.1) is 5.92 Å². The van der Waals surface area contributed by atoms with Crippen LogP contribution in [0.5, 0.6) is 0 Å². The molecule has 0 radical (unpaired) electrons. The Labute approximate surface area is 96.3 Å². The van der Waals surface area contributed by atoms with E-state index in [1.54, 1.807) is 13.8 Å². The molecule has 0 bridgehead atoms. The molecule has 1 aliphatic carbocycles. The van der Waals surface area contributed by atoms with Gasteiger partial charge in [-0.1, -0.05) is 37.0 Å². The monoisotopic (exact) mass is 262 g/mol. The molecule has 6 heteroatoms. The van der Waals surface area contributed by atoms with Gasteiger partial charge >= 0.3 is 5.97 Å². The summed E-state index contributed by atoms with van der Waals surface area (Å²) < 4.78 is 10.5. The summed E-state index contributed by atoms with van der Waals surface area (Å²) in [7, 11) is 0. The maximum Gasteiger partial charge on any atom is 0.307 e. The molecule has 0 spiro atoms. The number of rotatable bonds is 3. The van der Waals surface area contributed by atoms with Crippen LogP contribution in [0.4, 0.5) is 4.39 Å². The van der Waals surface area contributed by atoms with Gasteiger partial charge in [0.1, 0.15) is 5.38 Å². The molecule has 1 rings (SSSR count). The van der Waals surface area contributed by atoms with Gasteiger partial charge in [0.2, 0.25) is 0 Å². The molecule has 1 N–H and O–H groups in total. The van der Waals surface area contributed by atoms with E-state index in [2.05, 4.69) is 0 Å². The first kappa shape index (κ1) is 12.3. The van der Waals surface area contributed by atoms with Gasteiger partial charge < -0.3 is 5.11 Å². The highest BCUT2D eigenvalue weighted by molar-refractivity contribution is 6.51. The third-order valence-corrected chi connectivity index (χ3v) is 4.07. The predicted octanol–water partition coefficient (Wildman–Crippen LogP) is 3.05. The molecule has 0 amide bonds. The van der Waals surface area contributed by atoms with Crippen LogP contribution < -0.4 is 0 Å². The second kappa shape index (κ2) is 3.39. The van der Waals surface area contributed by atoms with E-state index in [4.69, 9.17) is 39.9 Å². The van der Waals surface area contributed by atoms with Crippen molar-refractivity contribution >= 4 is 40.8 Å². The maximum absolute atomic E-state index is 13.1. The summed E-state index contributed by atoms with van der Waals surface area (Å²) in [6.45, 7) is 3.40. The van der Waals surface area contributed by atoms with Crippen LogP contribution in [0.2, 0.25) is 0 Å². The first-order chi connectivity index (χ1) is 6.10. The van der Waals surface area contributed by atoms with E-state index >= 15 is 0 Å². The molecule has 0 heterocycles. The van der Waals surface area contributed by atoms with Crippen molar-refractivity contribution in [3.8, 4) is 0 Å². The van der Waals surface area contributed by atoms with E-state index < -0.39 is 33.2 Å². The Kier molecular flexibility index (Phi) is 2.99. The molecule has 0 aromatic rings. The van der Waals surface area contributed by atoms with Gasteiger partial charge in [-0.25, -0.2) is 4.39 Å². The van der Waals surface area contributed by atoms with Gasteiger partial charge in [-0.05, 0) is 5.41 Å². The molecular weight excluding hydrogens is 253 g/mol. The number of aliphatic carboxylic acids is 1. The Balaban J connectivity index is 2.79. The summed E-state index contributed by atoms with van der Waals surface area (Å²) in [6, 6.07) is 0. The van der Waals surface area contributed by atoms with Crippen LogP contribution in [-0.2, 0) is 4.79 Å². The fraction of sp³-hybridized carbons (Fsp3) is 0.875. The molecule has 0 aromatic carbocycles. The predicted molar refractivity (Wildman–Crippen MR) is 53.6 cm³/mol. The van der Waals surface area contributed by atoms with Crippen molar-refractivity contribution in [3.05, 3.63) is 0 Å². The first-order valence-electron chi connectivity index (χ1n) is 4.03. The molecule has 0 aromatic heterocycles. The number of hydrogen-bond donors (Lipinski definition) is 1. The number of alkyl halides is 4. The molecule has 0 aliphatic heterocycles. The lowest BCUT2D eigenvalue weighted by molar-refractivity contribution is -0.139. The van der Waals surface area contributed by atoms with Crippen molar-refractivity contribution < 1.29 is 14.3 Å². The lowest BCUT2D eigenvalue weighted by Gasteiger charge is -2.17. The van der Waals surface area contributed by atoms with Crippen LogP contribution in [0.3, 0.4) is 0 Å². The van der Waals surface area contributed by atoms with Gasteiger partial charge in [-0.2, -0.15) is 0 Å². The molecule has 1 aliphatic rings. The number of halogens is 4. The Morgan fingerprint density at radius 2 is 2.00 bits per heavy atom. The van der Waals surface area contributed by atoms with Crippen molar-refractivity contribution in [3.63, 3.8) is 0 Å². The van der Waals surface area contributed by atoms with E-state index in [1.807, 2.05) is 0 Å². The fourth-order valence-electron chi connectivity index (χ4n) is 1.90. The van der Waals surface area contributed by atoms with Crippen molar-refractivity contribution in [1.29, 1.82) is 0 Å². The van der Waals surface area contributed by atoms with Gasteiger partial charge in [0, 0.05) is 5.92 Å². The first-order valence-corrected chi connectivity index (χ1v) is 5.23. The molecular formula is C8H10Cl3FO2. The number of hydrogen-bond acceptors (Lipinski definition) is 1. The highest BCUT2D eigenvalue weighted by Crippen LogP contribution is 2.63. The minimum atomic E-state index is -2.59. The van der Waals surface area contributed by atoms with Crippen LogP contribution in [0.25, 0.3) is 0 Å². The zero-order chi connectivity index (χ0) is 11.3. The summed E-state index contributed by atoms with van der Waals surface area (Å²) in [5.41, 5.74) is -0.556. The lowest BCUT2D eigenvalue weighted by Crippen LogP contribution is -2.25. The average molecular weight is 264 g/mol. The molecule has 1 saturated carbocycles. The second-order valence-corrected chi connectivity index (χ2v) is 5.87. The van der Waals surface area contributed by atoms with Crippen molar-refractivity contribution in [1.82, 2.24) is 0 Å². The highest BCUT2D eigenvalue weighted by atomic mass is 35.5. The standard InChI is InChI=1S/C8H10Cl3FO2/c1-7(2)3(4(7)6(13)14)5(9)8(10,11)12/h3-5H,1-2H3,(H,13,14). The summed E-state index contributed by atoms with van der Waals surface area (Å²) in [5, 5.41) is 7.60. The van der Waals surface area contributed by atoms with E-state index in [0.717, 1.165) is 0 Å². The third-order valence-electron chi connectivity index (χ3n) is 2.80. The zero-order valence-corrected chi connectivity index (χ0v) is 9.87. The second-order valence-electron chi connectivity index (χ2n) is 4.11. The van der Waals surface area contributed by atoms with Crippen LogP contribution >= 0.6 is 34.8 Å². The van der Waals surface area contributed by atoms with E-state index in [-0.39, 0.29) is 0 Å². The van der Waals surface area contributed by atoms with Gasteiger partial charge in [0.25, 0.3) is 4.59 Å². The SMILES string of the molecule is CC1(C)C(C(=O)O)C1C(Cl)C(F)(Cl)Cl. The van der Waals surface area contributed by atoms with Crippen LogP contribution in [-0.4, -0.2) is 21.0 Å². The van der Waals surface area contributed by atoms with Gasteiger partial charge in [0.15, 0.2) is 0 Å². The smallest absolute Gasteiger partial charge is 0.307 e. The summed E-state index contributed by atoms with van der Waals surface area (Å²) in [6.07, 6.45) is 0. The zero-order valence-electron chi connectivity index (χ0n) is 7.60. The fourth-order valence-corrected chi connectivity index (χ4v) is 2.64. The van der Waals surface area contributed by atoms with Gasteiger partial charge in [-0.15, -0.1) is 11.6 Å². The Hall–Kier alpha value is 0.270. The summed E-state index contributed by atoms with van der Waals surface area (Å²) >= 11 is 16.1. The molecule has 3 atom stereocenters. The molecule has 14 heavy (non-hydrogen) atoms. The summed E-state index contributed by atoms with van der Waals surface area (Å²) in [4.78, 5) is 10.8. The molecule has 1 fully saturated rings. The van der Waals surface area contributed by atoms with Crippen molar-refractivity contribution in [2.75, 3.05) is 0 Å². The maximum atomic E-state index is 13.1. The van der Waals surface area contributed by atoms with Crippen LogP contribution in [0.15, 0.2) is 0 Å². The Morgan fingerprint density at radius 1 is 1.57 bits per heavy atom. The molecule has 2 nitrogen and oxygen atoms in total. The average Bonchev–Trinajstić information content (AvgIpc) is 2.49. The van der Waals surface area contributed by atoms with Crippen LogP contribution in [0, 0.1) is 17.3 Å². The van der Waals surface area contributed by atoms with E-state index in [0.29, 0.717) is 0 Å². The van der Waals surface area contributed by atoms with Crippen LogP contribution in [0.1, 0.15) is 13.8 Å². The number of carbonyl (C=O) groups is 1. The number of carboxylic acid groups (broad SMARTS) is 1. The van der Waals surface area contributed by atoms with E-state index in [9.17, 15) is 9.18 Å². The number of carboxylic acids is 1. The third kappa shape index (κ3) is 1.95. The summed E-state index contributed by atoms with van der Waals surface area (Å²) in [5.74, 6) is -2.22. The normalized spacial score (nSPS) is 32.4. The van der Waals surface area contributed by atoms with E-state index in [1.165, 1.54) is 0 Å². The van der Waals surface area contributed by atoms with Crippen molar-refractivity contribution in [2.24, 2.45) is 17.3 Å². The highest BCUT2D eigenvalue weighted by Gasteiger charge is 2.68. The Morgan fingerprint density at radius 3 is 2.21 bits per heavy atom. The quantitative estimate of drug-likeness (QED) is 0.795. The molecule has 0 saturated heterocycles. The van der Waals surface area contributed by atoms with Gasteiger partial charge in [-0.3, -0.25) is 4.79 Å². The molecule has 82 valence electrons. The molecule has 3 unspecified atom stereocenters. The largest absolute Gasteiger partial charge is 0.481 e. The topological polar surface area (TPSA) is 37.3 Å². The lowest BCUT2D eigenvalue weighted by atomic mass is 10.1. The Bertz CT molecular complexity index is 262. The minimum absolute atomic E-state index is 0.540. The minimum Gasteiger partial charge on any atom is -0.481 e. The van der Waals surface area contributed by atoms with Crippen molar-refractivity contribution in [2.45, 2.75) is 23.8 Å².